The molecule has 0 saturated heterocycles. The quantitative estimate of drug-likeness (QED) is 0.803. The first-order chi connectivity index (χ1) is 8.54. The molecule has 0 saturated carbocycles. The number of aromatic nitrogens is 3. The monoisotopic (exact) mass is 247 g/mol. The van der Waals surface area contributed by atoms with Crippen molar-refractivity contribution in [3.63, 3.8) is 0 Å². The van der Waals surface area contributed by atoms with Gasteiger partial charge in [0.05, 0.1) is 18.0 Å². The van der Waals surface area contributed by atoms with Crippen LogP contribution >= 0.6 is 0 Å². The van der Waals surface area contributed by atoms with Crippen LogP contribution in [0.2, 0.25) is 0 Å². The molecular formula is C12H13N3O3. The Morgan fingerprint density at radius 2 is 2.00 bits per heavy atom. The highest BCUT2D eigenvalue weighted by Gasteiger charge is 2.15. The second-order valence-corrected chi connectivity index (χ2v) is 3.84. The molecule has 1 N–H and O–H groups in total. The van der Waals surface area contributed by atoms with E-state index in [4.69, 9.17) is 4.74 Å². The molecule has 6 heteroatoms. The molecular weight excluding hydrogens is 234 g/mol. The Morgan fingerprint density at radius 3 is 2.67 bits per heavy atom. The fourth-order valence-corrected chi connectivity index (χ4v) is 1.56. The third kappa shape index (κ3) is 1.97. The lowest BCUT2D eigenvalue weighted by Crippen LogP contribution is -2.19. The van der Waals surface area contributed by atoms with E-state index in [2.05, 4.69) is 15.0 Å². The van der Waals surface area contributed by atoms with E-state index in [0.717, 1.165) is 5.69 Å². The Hall–Kier alpha value is -2.24. The van der Waals surface area contributed by atoms with Crippen LogP contribution in [0.1, 0.15) is 28.7 Å². The van der Waals surface area contributed by atoms with Gasteiger partial charge in [-0.1, -0.05) is 0 Å². The average Bonchev–Trinajstić information content (AvgIpc) is 2.32. The van der Waals surface area contributed by atoms with Crippen LogP contribution in [0.5, 0.6) is 0 Å². The van der Waals surface area contributed by atoms with Crippen molar-refractivity contribution in [1.29, 1.82) is 0 Å². The first-order valence-electron chi connectivity index (χ1n) is 5.58. The third-order valence-electron chi connectivity index (χ3n) is 2.62. The predicted molar refractivity (Wildman–Crippen MR) is 65.6 cm³/mol. The number of nitrogens with zero attached hydrogens (tertiary/aromatic N) is 2. The van der Waals surface area contributed by atoms with Gasteiger partial charge >= 0.3 is 5.97 Å². The summed E-state index contributed by atoms with van der Waals surface area (Å²) in [5.74, 6) is -0.652. The number of aromatic amines is 1. The molecule has 18 heavy (non-hydrogen) atoms. The Labute approximate surface area is 103 Å². The number of rotatable bonds is 2. The zero-order valence-corrected chi connectivity index (χ0v) is 10.4. The van der Waals surface area contributed by atoms with Crippen LogP contribution in [0.4, 0.5) is 0 Å². The van der Waals surface area contributed by atoms with Crippen molar-refractivity contribution in [2.45, 2.75) is 20.8 Å². The standard InChI is InChI=1S/C12H13N3O3/c1-4-18-12(17)8-5-13-11-9(10(8)16)14-6(2)7(3)15-11/h5H,4H2,1-3H3,(H,13,15,16). The van der Waals surface area contributed by atoms with E-state index in [1.165, 1.54) is 6.20 Å². The smallest absolute Gasteiger partial charge is 0.343 e. The van der Waals surface area contributed by atoms with Crippen molar-refractivity contribution >= 4 is 17.1 Å². The number of nitrogens with one attached hydrogen (secondary N) is 1. The van der Waals surface area contributed by atoms with Crippen molar-refractivity contribution in [1.82, 2.24) is 15.0 Å². The summed E-state index contributed by atoms with van der Waals surface area (Å²) in [5.41, 5.74) is 1.41. The number of carbonyl (C=O) groups is 1. The van der Waals surface area contributed by atoms with Crippen molar-refractivity contribution in [3.05, 3.63) is 33.4 Å². The van der Waals surface area contributed by atoms with Crippen molar-refractivity contribution < 1.29 is 9.53 Å². The van der Waals surface area contributed by atoms with Gasteiger partial charge in [0.25, 0.3) is 0 Å². The Bertz CT molecular complexity index is 676. The van der Waals surface area contributed by atoms with Crippen molar-refractivity contribution in [2.75, 3.05) is 6.61 Å². The molecule has 6 nitrogen and oxygen atoms in total. The zero-order valence-electron chi connectivity index (χ0n) is 10.4. The highest BCUT2D eigenvalue weighted by atomic mass is 16.5. The Kier molecular flexibility index (Phi) is 3.10. The normalized spacial score (nSPS) is 10.6. The van der Waals surface area contributed by atoms with Gasteiger partial charge in [0.2, 0.25) is 5.43 Å². The van der Waals surface area contributed by atoms with E-state index >= 15 is 0 Å². The third-order valence-corrected chi connectivity index (χ3v) is 2.62. The first-order valence-corrected chi connectivity index (χ1v) is 5.58. The first kappa shape index (κ1) is 12.2. The molecule has 94 valence electrons. The molecule has 0 amide bonds. The van der Waals surface area contributed by atoms with Gasteiger partial charge in [-0.05, 0) is 20.8 Å². The van der Waals surface area contributed by atoms with Crippen LogP contribution in [-0.4, -0.2) is 27.5 Å². The maximum absolute atomic E-state index is 12.1. The van der Waals surface area contributed by atoms with Crippen LogP contribution in [-0.2, 0) is 4.74 Å². The van der Waals surface area contributed by atoms with Crippen LogP contribution in [0.15, 0.2) is 11.0 Å². The average molecular weight is 247 g/mol. The van der Waals surface area contributed by atoms with Crippen molar-refractivity contribution in [3.8, 4) is 0 Å². The second-order valence-electron chi connectivity index (χ2n) is 3.84. The summed E-state index contributed by atoms with van der Waals surface area (Å²) in [6.07, 6.45) is 1.31. The predicted octanol–water partition coefficient (Wildman–Crippen LogP) is 1.11. The molecule has 0 aliphatic carbocycles. The lowest BCUT2D eigenvalue weighted by atomic mass is 10.2. The van der Waals surface area contributed by atoms with E-state index in [1.54, 1.807) is 20.8 Å². The molecule has 0 atom stereocenters. The molecule has 0 radical (unpaired) electrons. The summed E-state index contributed by atoms with van der Waals surface area (Å²) in [6, 6.07) is 0. The Morgan fingerprint density at radius 1 is 1.33 bits per heavy atom. The summed E-state index contributed by atoms with van der Waals surface area (Å²) >= 11 is 0. The summed E-state index contributed by atoms with van der Waals surface area (Å²) in [7, 11) is 0. The fraction of sp³-hybridized carbons (Fsp3) is 0.333. The number of fused-ring (bicyclic) bond motifs is 1. The molecule has 0 aliphatic heterocycles. The topological polar surface area (TPSA) is 84.9 Å². The van der Waals surface area contributed by atoms with Crippen LogP contribution in [0.3, 0.4) is 0 Å². The van der Waals surface area contributed by atoms with E-state index in [0.29, 0.717) is 11.3 Å². The largest absolute Gasteiger partial charge is 0.462 e. The summed E-state index contributed by atoms with van der Waals surface area (Å²) < 4.78 is 4.80. The van der Waals surface area contributed by atoms with Crippen molar-refractivity contribution in [2.24, 2.45) is 0 Å². The summed E-state index contributed by atoms with van der Waals surface area (Å²) in [6.45, 7) is 5.47. The molecule has 0 fully saturated rings. The maximum Gasteiger partial charge on any atom is 0.343 e. The molecule has 2 rings (SSSR count). The van der Waals surface area contributed by atoms with E-state index in [-0.39, 0.29) is 17.7 Å². The molecule has 2 aromatic rings. The number of hydrogen-bond acceptors (Lipinski definition) is 5. The highest BCUT2D eigenvalue weighted by molar-refractivity contribution is 5.91. The van der Waals surface area contributed by atoms with Gasteiger partial charge in [0.1, 0.15) is 5.56 Å². The fourth-order valence-electron chi connectivity index (χ4n) is 1.56. The number of carbonyl (C=O) groups excluding carboxylic acids is 1. The number of pyridine rings is 1. The van der Waals surface area contributed by atoms with Gasteiger partial charge in [-0.3, -0.25) is 4.79 Å². The lowest BCUT2D eigenvalue weighted by Gasteiger charge is -2.04. The van der Waals surface area contributed by atoms with Crippen LogP contribution < -0.4 is 5.43 Å². The zero-order chi connectivity index (χ0) is 13.3. The number of aryl methyl sites for hydroxylation is 2. The minimum absolute atomic E-state index is 0.0538. The summed E-state index contributed by atoms with van der Waals surface area (Å²) in [4.78, 5) is 34.8. The summed E-state index contributed by atoms with van der Waals surface area (Å²) in [5, 5.41) is 0. The molecule has 0 bridgehead atoms. The van der Waals surface area contributed by atoms with E-state index in [9.17, 15) is 9.59 Å². The van der Waals surface area contributed by atoms with Gasteiger partial charge in [-0.25, -0.2) is 14.8 Å². The highest BCUT2D eigenvalue weighted by Crippen LogP contribution is 2.07. The number of esters is 1. The molecule has 0 aliphatic rings. The molecule has 0 unspecified atom stereocenters. The van der Waals surface area contributed by atoms with Gasteiger partial charge in [-0.2, -0.15) is 0 Å². The van der Waals surface area contributed by atoms with Crippen LogP contribution in [0, 0.1) is 13.8 Å². The second kappa shape index (κ2) is 4.56. The number of hydrogen-bond donors (Lipinski definition) is 1. The minimum Gasteiger partial charge on any atom is -0.462 e. The lowest BCUT2D eigenvalue weighted by molar-refractivity contribution is 0.0524. The van der Waals surface area contributed by atoms with Gasteiger partial charge in [0.15, 0.2) is 11.2 Å². The number of ether oxygens (including phenoxy) is 1. The molecule has 0 aromatic carbocycles. The van der Waals surface area contributed by atoms with Gasteiger partial charge in [-0.15, -0.1) is 0 Å². The van der Waals surface area contributed by atoms with Gasteiger partial charge < -0.3 is 9.72 Å². The molecule has 2 aromatic heterocycles. The Balaban J connectivity index is 2.68. The molecule has 0 spiro atoms. The van der Waals surface area contributed by atoms with Gasteiger partial charge in [0, 0.05) is 6.20 Å². The van der Waals surface area contributed by atoms with E-state index < -0.39 is 11.4 Å². The minimum atomic E-state index is -0.652. The van der Waals surface area contributed by atoms with E-state index in [1.807, 2.05) is 0 Å². The molecule has 2 heterocycles. The van der Waals surface area contributed by atoms with Crippen LogP contribution in [0.25, 0.3) is 11.2 Å². The maximum atomic E-state index is 12.1. The SMILES string of the molecule is CCOC(=O)c1c[nH]c2nc(C)c(C)nc2c1=O. The number of H-pyrrole nitrogens is 1.